The lowest BCUT2D eigenvalue weighted by Gasteiger charge is -2.34. The third-order valence-electron chi connectivity index (χ3n) is 7.82. The van der Waals surface area contributed by atoms with Crippen molar-refractivity contribution < 1.29 is 4.43 Å². The van der Waals surface area contributed by atoms with Crippen molar-refractivity contribution in [2.75, 3.05) is 0 Å². The van der Waals surface area contributed by atoms with Crippen LogP contribution in [0.15, 0.2) is 6.20 Å². The molecule has 152 valence electrons. The summed E-state index contributed by atoms with van der Waals surface area (Å²) in [6, 6.07) is 3.46. The summed E-state index contributed by atoms with van der Waals surface area (Å²) < 4.78 is 6.91. The van der Waals surface area contributed by atoms with E-state index < -0.39 is 8.32 Å². The van der Waals surface area contributed by atoms with E-state index >= 15 is 0 Å². The van der Waals surface area contributed by atoms with Gasteiger partial charge in [-0.2, -0.15) is 0 Å². The maximum atomic E-state index is 6.91. The Morgan fingerprint density at radius 2 is 1.78 bits per heavy atom. The maximum absolute atomic E-state index is 6.91. The average Bonchev–Trinajstić information content (AvgIpc) is 3.01. The molecule has 0 spiro atoms. The van der Waals surface area contributed by atoms with Crippen LogP contribution >= 0.6 is 11.6 Å². The topological polar surface area (TPSA) is 35.0 Å². The van der Waals surface area contributed by atoms with Gasteiger partial charge in [-0.3, -0.25) is 0 Å². The molecular formula is C22H37ClN2OSi. The van der Waals surface area contributed by atoms with Crippen molar-refractivity contribution in [2.24, 2.45) is 23.2 Å². The summed E-state index contributed by atoms with van der Waals surface area (Å²) in [5.74, 6) is 3.55. The van der Waals surface area contributed by atoms with Crippen LogP contribution in [0.1, 0.15) is 77.9 Å². The average molecular weight is 409 g/mol. The summed E-state index contributed by atoms with van der Waals surface area (Å²) in [4.78, 5) is 8.97. The zero-order valence-electron chi connectivity index (χ0n) is 18.0. The van der Waals surface area contributed by atoms with Crippen LogP contribution in [0.2, 0.25) is 23.2 Å². The molecule has 5 heteroatoms. The highest BCUT2D eigenvalue weighted by molar-refractivity contribution is 6.73. The molecule has 1 heterocycles. The molecule has 2 aliphatic carbocycles. The second-order valence-corrected chi connectivity index (χ2v) is 14.6. The van der Waals surface area contributed by atoms with Crippen LogP contribution in [-0.4, -0.2) is 18.3 Å². The van der Waals surface area contributed by atoms with Crippen LogP contribution in [-0.2, 0) is 4.43 Å². The van der Waals surface area contributed by atoms with E-state index in [4.69, 9.17) is 21.0 Å². The first-order valence-corrected chi connectivity index (χ1v) is 13.8. The summed E-state index contributed by atoms with van der Waals surface area (Å²) in [6.07, 6.45) is 6.84. The molecule has 2 aliphatic rings. The van der Waals surface area contributed by atoms with Crippen LogP contribution in [0.3, 0.4) is 0 Å². The molecule has 2 fully saturated rings. The van der Waals surface area contributed by atoms with Gasteiger partial charge in [0.1, 0.15) is 5.82 Å². The minimum absolute atomic E-state index is 0.0238. The molecule has 3 rings (SSSR count). The van der Waals surface area contributed by atoms with Crippen LogP contribution < -0.4 is 0 Å². The Morgan fingerprint density at radius 3 is 2.33 bits per heavy atom. The van der Waals surface area contributed by atoms with Gasteiger partial charge in [-0.15, -0.1) is 0 Å². The minimum atomic E-state index is -1.73. The van der Waals surface area contributed by atoms with Crippen molar-refractivity contribution in [3.05, 3.63) is 22.7 Å². The number of aromatic nitrogens is 2. The number of nitrogens with zero attached hydrogens (tertiary/aromatic N) is 2. The molecule has 2 unspecified atom stereocenters. The first kappa shape index (κ1) is 21.3. The van der Waals surface area contributed by atoms with Crippen LogP contribution in [0.25, 0.3) is 0 Å². The van der Waals surface area contributed by atoms with E-state index in [-0.39, 0.29) is 6.10 Å². The largest absolute Gasteiger partial charge is 0.408 e. The first-order valence-electron chi connectivity index (χ1n) is 10.9. The van der Waals surface area contributed by atoms with Gasteiger partial charge in [0.15, 0.2) is 8.32 Å². The van der Waals surface area contributed by atoms with E-state index in [1.807, 2.05) is 6.92 Å². The normalized spacial score (nSPS) is 27.4. The second kappa shape index (κ2) is 8.12. The lowest BCUT2D eigenvalue weighted by atomic mass is 9.89. The second-order valence-electron chi connectivity index (χ2n) is 9.45. The van der Waals surface area contributed by atoms with Crippen LogP contribution in [0.4, 0.5) is 0 Å². The summed E-state index contributed by atoms with van der Waals surface area (Å²) in [7, 11) is -1.73. The molecule has 0 radical (unpaired) electrons. The standard InChI is InChI=1S/C22H37ClN2OSi/c1-7-27(8-2,9-3)26-20(21-19(23)14-24-15(4)25-21)11-10-16-12-17-18(13-16)22(17,5)6/h14,16-18,20H,7-13H2,1-6H3/t16?,17-,18+,20?. The van der Waals surface area contributed by atoms with E-state index in [0.717, 1.165) is 53.8 Å². The van der Waals surface area contributed by atoms with Crippen LogP contribution in [0, 0.1) is 30.1 Å². The summed E-state index contributed by atoms with van der Waals surface area (Å²) in [5.41, 5.74) is 1.52. The highest BCUT2D eigenvalue weighted by Crippen LogP contribution is 2.68. The number of fused-ring (bicyclic) bond motifs is 1. The summed E-state index contributed by atoms with van der Waals surface area (Å²) in [6.45, 7) is 13.7. The Hall–Kier alpha value is -0.453. The van der Waals surface area contributed by atoms with Gasteiger partial charge in [0.05, 0.1) is 16.8 Å². The predicted octanol–water partition coefficient (Wildman–Crippen LogP) is 6.96. The van der Waals surface area contributed by atoms with Gasteiger partial charge >= 0.3 is 0 Å². The zero-order chi connectivity index (χ0) is 19.8. The Morgan fingerprint density at radius 1 is 1.19 bits per heavy atom. The molecular weight excluding hydrogens is 372 g/mol. The lowest BCUT2D eigenvalue weighted by Crippen LogP contribution is -2.37. The monoisotopic (exact) mass is 408 g/mol. The van der Waals surface area contributed by atoms with Gasteiger partial charge in [-0.05, 0) is 73.9 Å². The highest BCUT2D eigenvalue weighted by atomic mass is 35.5. The molecule has 2 saturated carbocycles. The van der Waals surface area contributed by atoms with Crippen molar-refractivity contribution in [3.63, 3.8) is 0 Å². The molecule has 0 aliphatic heterocycles. The fraction of sp³-hybridized carbons (Fsp3) is 0.818. The van der Waals surface area contributed by atoms with E-state index in [1.165, 1.54) is 19.3 Å². The van der Waals surface area contributed by atoms with Gasteiger partial charge in [-0.1, -0.05) is 46.2 Å². The van der Waals surface area contributed by atoms with Crippen molar-refractivity contribution in [1.82, 2.24) is 9.97 Å². The molecule has 4 atom stereocenters. The molecule has 3 nitrogen and oxygen atoms in total. The van der Waals surface area contributed by atoms with E-state index in [1.54, 1.807) is 6.20 Å². The summed E-state index contributed by atoms with van der Waals surface area (Å²) >= 11 is 6.52. The van der Waals surface area contributed by atoms with E-state index in [0.29, 0.717) is 10.4 Å². The van der Waals surface area contributed by atoms with Crippen molar-refractivity contribution >= 4 is 19.9 Å². The van der Waals surface area contributed by atoms with Crippen molar-refractivity contribution in [1.29, 1.82) is 0 Å². The molecule has 0 aromatic carbocycles. The Balaban J connectivity index is 1.73. The van der Waals surface area contributed by atoms with Crippen LogP contribution in [0.5, 0.6) is 0 Å². The number of hydrogen-bond donors (Lipinski definition) is 0. The molecule has 0 amide bonds. The minimum Gasteiger partial charge on any atom is -0.408 e. The Kier molecular flexibility index (Phi) is 6.39. The van der Waals surface area contributed by atoms with Crippen molar-refractivity contribution in [3.8, 4) is 0 Å². The summed E-state index contributed by atoms with van der Waals surface area (Å²) in [5, 5.41) is 0.659. The third kappa shape index (κ3) is 4.28. The zero-order valence-corrected chi connectivity index (χ0v) is 19.8. The first-order chi connectivity index (χ1) is 12.8. The molecule has 1 aromatic heterocycles. The molecule has 0 N–H and O–H groups in total. The van der Waals surface area contributed by atoms with Crippen molar-refractivity contribution in [2.45, 2.75) is 91.5 Å². The van der Waals surface area contributed by atoms with E-state index in [2.05, 4.69) is 39.6 Å². The van der Waals surface area contributed by atoms with Gasteiger partial charge in [-0.25, -0.2) is 9.97 Å². The number of halogens is 1. The molecule has 0 saturated heterocycles. The van der Waals surface area contributed by atoms with Gasteiger partial charge < -0.3 is 4.43 Å². The maximum Gasteiger partial charge on any atom is 0.192 e. The Bertz CT molecular complexity index is 639. The molecule has 0 bridgehead atoms. The number of rotatable bonds is 9. The number of hydrogen-bond acceptors (Lipinski definition) is 3. The molecule has 27 heavy (non-hydrogen) atoms. The highest BCUT2D eigenvalue weighted by Gasteiger charge is 2.61. The third-order valence-corrected chi connectivity index (χ3v) is 12.8. The smallest absolute Gasteiger partial charge is 0.192 e. The lowest BCUT2D eigenvalue weighted by molar-refractivity contribution is 0.161. The SMILES string of the molecule is CC[Si](CC)(CC)OC(CCC1C[C@@H]2[C@H](C1)C2(C)C)c1nc(C)ncc1Cl. The fourth-order valence-electron chi connectivity index (χ4n) is 5.48. The molecule has 1 aromatic rings. The number of aryl methyl sites for hydroxylation is 1. The predicted molar refractivity (Wildman–Crippen MR) is 116 cm³/mol. The Labute approximate surface area is 171 Å². The fourth-order valence-corrected chi connectivity index (χ4v) is 8.53. The van der Waals surface area contributed by atoms with E-state index in [9.17, 15) is 0 Å². The van der Waals surface area contributed by atoms with Gasteiger partial charge in [0, 0.05) is 6.20 Å². The quantitative estimate of drug-likeness (QED) is 0.414. The van der Waals surface area contributed by atoms with Gasteiger partial charge in [0.2, 0.25) is 0 Å². The van der Waals surface area contributed by atoms with Gasteiger partial charge in [0.25, 0.3) is 0 Å².